The van der Waals surface area contributed by atoms with Gasteiger partial charge in [0, 0.05) is 59.1 Å². The Morgan fingerprint density at radius 1 is 0.426 bits per heavy atom. The first-order valence-electron chi connectivity index (χ1n) is 18.7. The fraction of sp³-hybridized carbons (Fsp3) is 0.0588. The minimum atomic E-state index is -0.0651. The zero-order chi connectivity index (χ0) is 36.0. The van der Waals surface area contributed by atoms with Gasteiger partial charge in [0.15, 0.2) is 0 Å². The number of aromatic nitrogens is 1. The van der Waals surface area contributed by atoms with Crippen LogP contribution in [-0.2, 0) is 5.41 Å². The molecule has 256 valence electrons. The molecule has 0 radical (unpaired) electrons. The first-order chi connectivity index (χ1) is 26.5. The molecule has 1 aliphatic carbocycles. The van der Waals surface area contributed by atoms with E-state index in [0.717, 1.165) is 17.1 Å². The summed E-state index contributed by atoms with van der Waals surface area (Å²) in [4.78, 5) is 2.38. The van der Waals surface area contributed by atoms with Gasteiger partial charge in [-0.15, -0.1) is 11.3 Å². The molecule has 8 aromatic carbocycles. The monoisotopic (exact) mass is 708 g/mol. The van der Waals surface area contributed by atoms with E-state index in [1.54, 1.807) is 0 Å². The van der Waals surface area contributed by atoms with Gasteiger partial charge in [-0.25, -0.2) is 0 Å². The van der Waals surface area contributed by atoms with Gasteiger partial charge in [0.05, 0.1) is 11.0 Å². The maximum absolute atomic E-state index is 2.43. The summed E-state index contributed by atoms with van der Waals surface area (Å²) in [6, 6.07) is 67.0. The normalized spacial score (nSPS) is 13.1. The van der Waals surface area contributed by atoms with E-state index in [9.17, 15) is 0 Å². The van der Waals surface area contributed by atoms with Gasteiger partial charge >= 0.3 is 0 Å². The van der Waals surface area contributed by atoms with Crippen LogP contribution in [-0.4, -0.2) is 4.57 Å². The average Bonchev–Trinajstić information content (AvgIpc) is 3.83. The van der Waals surface area contributed by atoms with Crippen LogP contribution in [0, 0.1) is 0 Å². The van der Waals surface area contributed by atoms with Crippen molar-refractivity contribution in [1.29, 1.82) is 0 Å². The Morgan fingerprint density at radius 3 is 1.87 bits per heavy atom. The minimum Gasteiger partial charge on any atom is -0.310 e. The zero-order valence-corrected chi connectivity index (χ0v) is 30.9. The van der Waals surface area contributed by atoms with Gasteiger partial charge in [-0.1, -0.05) is 123 Å². The van der Waals surface area contributed by atoms with Crippen molar-refractivity contribution in [3.05, 3.63) is 193 Å². The summed E-state index contributed by atoms with van der Waals surface area (Å²) in [5.41, 5.74) is 14.8. The molecule has 54 heavy (non-hydrogen) atoms. The van der Waals surface area contributed by atoms with E-state index in [2.05, 4.69) is 205 Å². The van der Waals surface area contributed by atoms with Crippen molar-refractivity contribution in [2.75, 3.05) is 4.90 Å². The molecule has 11 rings (SSSR count). The molecule has 0 fully saturated rings. The van der Waals surface area contributed by atoms with E-state index in [0.29, 0.717) is 0 Å². The van der Waals surface area contributed by atoms with E-state index >= 15 is 0 Å². The van der Waals surface area contributed by atoms with Gasteiger partial charge in [0.1, 0.15) is 0 Å². The third-order valence-electron chi connectivity index (χ3n) is 11.6. The molecular weight excluding hydrogens is 673 g/mol. The quantitative estimate of drug-likeness (QED) is 0.173. The molecular formula is C51H36N2S. The SMILES string of the molecule is CC1(C)c2ccccc2-c2ccc(N(c3ccccc3)c3ccc(-c4ccc(-n5c6ccccc6c6cc7c(cc65)sc5ccccc57)cc4)cc3)cc21. The lowest BCUT2D eigenvalue weighted by Gasteiger charge is -2.28. The van der Waals surface area contributed by atoms with Crippen LogP contribution in [0.5, 0.6) is 0 Å². The Kier molecular flexibility index (Phi) is 6.80. The molecule has 3 heteroatoms. The highest BCUT2D eigenvalue weighted by molar-refractivity contribution is 7.25. The van der Waals surface area contributed by atoms with E-state index in [4.69, 9.17) is 0 Å². The third-order valence-corrected chi connectivity index (χ3v) is 12.7. The Bertz CT molecular complexity index is 3060. The van der Waals surface area contributed by atoms with Crippen molar-refractivity contribution in [2.45, 2.75) is 19.3 Å². The average molecular weight is 709 g/mol. The van der Waals surface area contributed by atoms with Crippen LogP contribution >= 0.6 is 11.3 Å². The van der Waals surface area contributed by atoms with Gasteiger partial charge in [0.2, 0.25) is 0 Å². The second kappa shape index (κ2) is 11.8. The van der Waals surface area contributed by atoms with Crippen molar-refractivity contribution < 1.29 is 0 Å². The molecule has 0 atom stereocenters. The lowest BCUT2D eigenvalue weighted by molar-refractivity contribution is 0.660. The number of hydrogen-bond donors (Lipinski definition) is 0. The minimum absolute atomic E-state index is 0.0651. The van der Waals surface area contributed by atoms with Crippen LogP contribution in [0.1, 0.15) is 25.0 Å². The number of rotatable bonds is 5. The molecule has 0 aliphatic heterocycles. The maximum atomic E-state index is 2.43. The summed E-state index contributed by atoms with van der Waals surface area (Å²) in [6.45, 7) is 4.69. The highest BCUT2D eigenvalue weighted by Gasteiger charge is 2.35. The molecule has 0 amide bonds. The van der Waals surface area contributed by atoms with Gasteiger partial charge < -0.3 is 9.47 Å². The Labute approximate surface area is 318 Å². The first-order valence-corrected chi connectivity index (χ1v) is 19.5. The highest BCUT2D eigenvalue weighted by atomic mass is 32.1. The molecule has 1 aliphatic rings. The summed E-state index contributed by atoms with van der Waals surface area (Å²) in [5, 5.41) is 5.24. The van der Waals surface area contributed by atoms with E-state index < -0.39 is 0 Å². The van der Waals surface area contributed by atoms with E-state index in [1.165, 1.54) is 81.0 Å². The number of para-hydroxylation sites is 2. The highest BCUT2D eigenvalue weighted by Crippen LogP contribution is 2.50. The van der Waals surface area contributed by atoms with Crippen molar-refractivity contribution in [2.24, 2.45) is 0 Å². The zero-order valence-electron chi connectivity index (χ0n) is 30.1. The molecule has 0 saturated heterocycles. The van der Waals surface area contributed by atoms with Crippen molar-refractivity contribution in [3.63, 3.8) is 0 Å². The van der Waals surface area contributed by atoms with Crippen LogP contribution in [0.3, 0.4) is 0 Å². The topological polar surface area (TPSA) is 8.17 Å². The van der Waals surface area contributed by atoms with Crippen molar-refractivity contribution >= 4 is 70.4 Å². The molecule has 0 N–H and O–H groups in total. The second-order valence-electron chi connectivity index (χ2n) is 15.0. The summed E-state index contributed by atoms with van der Waals surface area (Å²) in [6.07, 6.45) is 0. The second-order valence-corrected chi connectivity index (χ2v) is 16.1. The number of benzene rings is 8. The maximum Gasteiger partial charge on any atom is 0.0555 e. The number of nitrogens with zero attached hydrogens (tertiary/aromatic N) is 2. The van der Waals surface area contributed by atoms with Gasteiger partial charge in [-0.2, -0.15) is 0 Å². The summed E-state index contributed by atoms with van der Waals surface area (Å²) < 4.78 is 5.08. The first kappa shape index (κ1) is 31.1. The molecule has 0 unspecified atom stereocenters. The molecule has 0 spiro atoms. The lowest BCUT2D eigenvalue weighted by Crippen LogP contribution is -2.16. The fourth-order valence-electron chi connectivity index (χ4n) is 8.93. The number of anilines is 3. The van der Waals surface area contributed by atoms with Crippen LogP contribution < -0.4 is 4.90 Å². The van der Waals surface area contributed by atoms with Gasteiger partial charge in [-0.05, 0) is 106 Å². The van der Waals surface area contributed by atoms with E-state index in [-0.39, 0.29) is 5.41 Å². The Morgan fingerprint density at radius 2 is 1.06 bits per heavy atom. The predicted octanol–water partition coefficient (Wildman–Crippen LogP) is 14.6. The number of thiophene rings is 1. The lowest BCUT2D eigenvalue weighted by atomic mass is 9.82. The van der Waals surface area contributed by atoms with Gasteiger partial charge in [-0.3, -0.25) is 0 Å². The molecule has 10 aromatic rings. The number of fused-ring (bicyclic) bond motifs is 9. The fourth-order valence-corrected chi connectivity index (χ4v) is 10.0. The summed E-state index contributed by atoms with van der Waals surface area (Å²) in [7, 11) is 0. The van der Waals surface area contributed by atoms with Crippen LogP contribution in [0.2, 0.25) is 0 Å². The molecule has 2 aromatic heterocycles. The van der Waals surface area contributed by atoms with Crippen LogP contribution in [0.25, 0.3) is 69.9 Å². The molecule has 2 heterocycles. The molecule has 2 nitrogen and oxygen atoms in total. The van der Waals surface area contributed by atoms with Crippen LogP contribution in [0.4, 0.5) is 17.1 Å². The molecule has 0 saturated carbocycles. The van der Waals surface area contributed by atoms with Crippen molar-refractivity contribution in [3.8, 4) is 27.9 Å². The smallest absolute Gasteiger partial charge is 0.0555 e. The summed E-state index contributed by atoms with van der Waals surface area (Å²) in [5.74, 6) is 0. The molecule has 0 bridgehead atoms. The summed E-state index contributed by atoms with van der Waals surface area (Å²) >= 11 is 1.88. The Hall–Kier alpha value is -6.42. The predicted molar refractivity (Wildman–Crippen MR) is 231 cm³/mol. The third kappa shape index (κ3) is 4.65. The van der Waals surface area contributed by atoms with E-state index in [1.807, 2.05) is 11.3 Å². The Balaban J connectivity index is 0.964. The van der Waals surface area contributed by atoms with Gasteiger partial charge in [0.25, 0.3) is 0 Å². The van der Waals surface area contributed by atoms with Crippen molar-refractivity contribution in [1.82, 2.24) is 4.57 Å². The van der Waals surface area contributed by atoms with Crippen LogP contribution in [0.15, 0.2) is 182 Å². The largest absolute Gasteiger partial charge is 0.310 e. The number of hydrogen-bond acceptors (Lipinski definition) is 2. The standard InChI is InChI=1S/C51H36N2S/c1-51(2)45-17-9-6-14-39(45)40-29-28-38(30-46(40)51)52(35-12-4-3-5-13-35)36-24-20-33(21-25-36)34-22-26-37(27-23-34)53-47-18-10-7-15-41(47)43-31-44-42-16-8-11-19-49(42)54-50(44)32-48(43)53/h3-32H,1-2H3.